The van der Waals surface area contributed by atoms with E-state index in [1.165, 1.54) is 12.1 Å². The Morgan fingerprint density at radius 2 is 1.47 bits per heavy atom. The van der Waals surface area contributed by atoms with E-state index >= 15 is 0 Å². The van der Waals surface area contributed by atoms with Gasteiger partial charge in [0.2, 0.25) is 0 Å². The summed E-state index contributed by atoms with van der Waals surface area (Å²) in [5.74, 6) is -2.34. The Kier molecular flexibility index (Phi) is 14.8. The van der Waals surface area contributed by atoms with Crippen molar-refractivity contribution in [3.05, 3.63) is 107 Å². The number of rotatable bonds is 15. The first-order valence-corrected chi connectivity index (χ1v) is 16.1. The van der Waals surface area contributed by atoms with Crippen LogP contribution in [0.1, 0.15) is 86.5 Å². The van der Waals surface area contributed by atoms with E-state index in [0.29, 0.717) is 27.9 Å². The summed E-state index contributed by atoms with van der Waals surface area (Å²) in [5, 5.41) is 33.0. The number of carbonyl (C=O) groups excluding carboxylic acids is 2. The normalized spacial score (nSPS) is 12.3. The molecule has 49 heavy (non-hydrogen) atoms. The second-order valence-corrected chi connectivity index (χ2v) is 12.4. The minimum Gasteiger partial charge on any atom is -1.00 e. The van der Waals surface area contributed by atoms with Gasteiger partial charge >= 0.3 is 41.5 Å². The van der Waals surface area contributed by atoms with Gasteiger partial charge in [0.05, 0.1) is 30.3 Å². The molecule has 1 amide bonds. The molecular weight excluding hydrogens is 638 g/mol. The van der Waals surface area contributed by atoms with Crippen molar-refractivity contribution < 1.29 is 69.8 Å². The third-order valence-electron chi connectivity index (χ3n) is 7.89. The van der Waals surface area contributed by atoms with Crippen LogP contribution in [0.15, 0.2) is 78.9 Å². The molecule has 0 saturated heterocycles. The number of hydrogen-bond donors (Lipinski definition) is 4. The second kappa shape index (κ2) is 18.3. The Morgan fingerprint density at radius 1 is 0.857 bits per heavy atom. The molecule has 256 valence electrons. The molecule has 3 aromatic carbocycles. The predicted molar refractivity (Wildman–Crippen MR) is 182 cm³/mol. The molecule has 2 atom stereocenters. The fourth-order valence-corrected chi connectivity index (χ4v) is 5.82. The fraction of sp³-hybridized carbons (Fsp3) is 0.342. The number of aromatic nitrogens is 1. The number of nitrogens with zero attached hydrogens (tertiary/aromatic N) is 1. The molecule has 0 bridgehead atoms. The van der Waals surface area contributed by atoms with Crippen molar-refractivity contribution in [1.82, 2.24) is 9.88 Å². The summed E-state index contributed by atoms with van der Waals surface area (Å²) < 4.78 is 21.3. The standard InChI is InChI=1S/C38H43FN2O7.Na.H/c1-23(2)41-32(19-18-30(42)20-31(43)21-33(44)45)34(27-14-16-29(39)17-15-27)35(26-8-6-5-7-9-26)36(41)37(46)40-22-25-10-12-28(13-11-25)38(47)48-24(3)4;;/h5-17,23-24,30-31,42-43H,18-22H2,1-4H3,(H,40,46)(H,44,45);;/q;+1;-1/t30-,31-;;/m1../s1. The fourth-order valence-electron chi connectivity index (χ4n) is 5.82. The van der Waals surface area contributed by atoms with Gasteiger partial charge in [0.15, 0.2) is 0 Å². The SMILES string of the molecule is CC(C)OC(=O)c1ccc(CNC(=O)c2c(-c3ccccc3)c(-c3ccc(F)cc3)c(CC[C@@H](O)C[C@@H](O)CC(=O)O)n2C(C)C)cc1.[H-].[Na+]. The summed E-state index contributed by atoms with van der Waals surface area (Å²) in [6.45, 7) is 7.63. The topological polar surface area (TPSA) is 138 Å². The third-order valence-corrected chi connectivity index (χ3v) is 7.89. The molecule has 11 heteroatoms. The molecular formula is C38H44FN2NaO7. The van der Waals surface area contributed by atoms with E-state index in [4.69, 9.17) is 9.84 Å². The summed E-state index contributed by atoms with van der Waals surface area (Å²) in [6.07, 6.45) is -2.59. The van der Waals surface area contributed by atoms with Crippen molar-refractivity contribution in [1.29, 1.82) is 0 Å². The summed E-state index contributed by atoms with van der Waals surface area (Å²) in [6, 6.07) is 22.1. The van der Waals surface area contributed by atoms with Crippen LogP contribution in [-0.4, -0.2) is 56.0 Å². The van der Waals surface area contributed by atoms with Crippen LogP contribution >= 0.6 is 0 Å². The first-order chi connectivity index (χ1) is 22.8. The van der Waals surface area contributed by atoms with Gasteiger partial charge in [0.1, 0.15) is 11.5 Å². The number of hydrogen-bond acceptors (Lipinski definition) is 6. The van der Waals surface area contributed by atoms with Crippen molar-refractivity contribution in [2.24, 2.45) is 0 Å². The minimum absolute atomic E-state index is 0. The monoisotopic (exact) mass is 682 g/mol. The van der Waals surface area contributed by atoms with Gasteiger partial charge in [0, 0.05) is 29.4 Å². The van der Waals surface area contributed by atoms with E-state index in [9.17, 15) is 29.0 Å². The van der Waals surface area contributed by atoms with Gasteiger partial charge < -0.3 is 31.4 Å². The van der Waals surface area contributed by atoms with Crippen molar-refractivity contribution in [2.75, 3.05) is 0 Å². The number of carboxylic acid groups (broad SMARTS) is 1. The third kappa shape index (κ3) is 10.6. The predicted octanol–water partition coefficient (Wildman–Crippen LogP) is 3.67. The number of ether oxygens (including phenoxy) is 1. The number of aliphatic carboxylic acids is 1. The second-order valence-electron chi connectivity index (χ2n) is 12.4. The molecule has 0 radical (unpaired) electrons. The van der Waals surface area contributed by atoms with Gasteiger partial charge in [-0.3, -0.25) is 9.59 Å². The molecule has 9 nitrogen and oxygen atoms in total. The van der Waals surface area contributed by atoms with Crippen LogP contribution in [0.5, 0.6) is 0 Å². The minimum atomic E-state index is -1.21. The maximum atomic E-state index is 14.3. The number of aliphatic hydroxyl groups excluding tert-OH is 2. The van der Waals surface area contributed by atoms with Gasteiger partial charge in [-0.15, -0.1) is 0 Å². The van der Waals surface area contributed by atoms with Gasteiger partial charge in [-0.05, 0) is 87.9 Å². The molecule has 0 saturated carbocycles. The Balaban J connectivity index is 0.00000433. The first-order valence-electron chi connectivity index (χ1n) is 16.1. The quantitative estimate of drug-likeness (QED) is 0.111. The average molecular weight is 683 g/mol. The van der Waals surface area contributed by atoms with Gasteiger partial charge in [-0.2, -0.15) is 0 Å². The van der Waals surface area contributed by atoms with E-state index in [0.717, 1.165) is 16.8 Å². The number of carboxylic acids is 1. The summed E-state index contributed by atoms with van der Waals surface area (Å²) >= 11 is 0. The number of amides is 1. The van der Waals surface area contributed by atoms with Crippen LogP contribution in [0, 0.1) is 5.82 Å². The number of nitrogens with one attached hydrogen (secondary N) is 1. The van der Waals surface area contributed by atoms with Crippen LogP contribution in [0.25, 0.3) is 22.3 Å². The largest absolute Gasteiger partial charge is 1.00 e. The molecule has 1 aromatic heterocycles. The van der Waals surface area contributed by atoms with Crippen LogP contribution in [0.2, 0.25) is 0 Å². The zero-order chi connectivity index (χ0) is 35.0. The Bertz CT molecular complexity index is 1710. The summed E-state index contributed by atoms with van der Waals surface area (Å²) in [5.41, 5.74) is 5.13. The number of carbonyl (C=O) groups is 3. The van der Waals surface area contributed by atoms with E-state index in [1.54, 1.807) is 50.2 Å². The average Bonchev–Trinajstić information content (AvgIpc) is 3.38. The van der Waals surface area contributed by atoms with Crippen LogP contribution in [-0.2, 0) is 22.5 Å². The molecule has 4 aromatic rings. The maximum Gasteiger partial charge on any atom is 1.00 e. The molecule has 0 aliphatic carbocycles. The summed E-state index contributed by atoms with van der Waals surface area (Å²) in [4.78, 5) is 37.6. The van der Waals surface area contributed by atoms with Crippen molar-refractivity contribution in [3.63, 3.8) is 0 Å². The molecule has 0 aliphatic heterocycles. The molecule has 0 spiro atoms. The Labute approximate surface area is 309 Å². The molecule has 0 fully saturated rings. The van der Waals surface area contributed by atoms with Gasteiger partial charge in [0.25, 0.3) is 5.91 Å². The first kappa shape index (κ1) is 39.6. The summed E-state index contributed by atoms with van der Waals surface area (Å²) in [7, 11) is 0. The van der Waals surface area contributed by atoms with Crippen molar-refractivity contribution in [2.45, 2.75) is 84.3 Å². The maximum absolute atomic E-state index is 14.3. The Morgan fingerprint density at radius 3 is 2.04 bits per heavy atom. The van der Waals surface area contributed by atoms with Crippen LogP contribution in [0.4, 0.5) is 4.39 Å². The van der Waals surface area contributed by atoms with Crippen molar-refractivity contribution >= 4 is 17.8 Å². The smallest absolute Gasteiger partial charge is 1.00 e. The number of benzene rings is 3. The molecule has 4 rings (SSSR count). The molecule has 1 heterocycles. The Hall–Kier alpha value is -3.80. The molecule has 4 N–H and O–H groups in total. The van der Waals surface area contributed by atoms with E-state index < -0.39 is 36.4 Å². The number of halogens is 1. The molecule has 0 unspecified atom stereocenters. The number of aliphatic hydroxyl groups is 2. The number of esters is 1. The van der Waals surface area contributed by atoms with E-state index in [-0.39, 0.29) is 74.8 Å². The van der Waals surface area contributed by atoms with E-state index in [1.807, 2.05) is 48.7 Å². The van der Waals surface area contributed by atoms with Gasteiger partial charge in [-0.25, -0.2) is 9.18 Å². The van der Waals surface area contributed by atoms with Crippen LogP contribution < -0.4 is 34.9 Å². The zero-order valence-corrected chi connectivity index (χ0v) is 30.7. The van der Waals surface area contributed by atoms with Gasteiger partial charge in [-0.1, -0.05) is 54.6 Å². The molecule has 0 aliphatic rings. The zero-order valence-electron chi connectivity index (χ0n) is 29.7. The van der Waals surface area contributed by atoms with Crippen molar-refractivity contribution in [3.8, 4) is 22.3 Å². The van der Waals surface area contributed by atoms with E-state index in [2.05, 4.69) is 5.32 Å². The van der Waals surface area contributed by atoms with Crippen LogP contribution in [0.3, 0.4) is 0 Å².